The monoisotopic (exact) mass is 417 g/mol. The summed E-state index contributed by atoms with van der Waals surface area (Å²) in [5, 5.41) is 2.02. The van der Waals surface area contributed by atoms with Crippen molar-refractivity contribution >= 4 is 64.1 Å². The van der Waals surface area contributed by atoms with Gasteiger partial charge >= 0.3 is 0 Å². The number of benzene rings is 1. The molecular weight excluding hydrogens is 401 g/mol. The number of anilines is 1. The van der Waals surface area contributed by atoms with Gasteiger partial charge in [0.25, 0.3) is 5.91 Å². The maximum atomic E-state index is 13.1. The molecule has 25 heavy (non-hydrogen) atoms. The summed E-state index contributed by atoms with van der Waals surface area (Å²) in [4.78, 5) is 22.4. The molecule has 0 spiro atoms. The van der Waals surface area contributed by atoms with E-state index in [-0.39, 0.29) is 18.3 Å². The van der Waals surface area contributed by atoms with Crippen LogP contribution in [0.2, 0.25) is 10.0 Å². The molecular formula is C17H18Cl3N3OS. The van der Waals surface area contributed by atoms with Crippen LogP contribution in [0.5, 0.6) is 0 Å². The first-order valence-electron chi connectivity index (χ1n) is 8.03. The smallest absolute Gasteiger partial charge is 0.266 e. The second kappa shape index (κ2) is 7.39. The molecule has 1 aliphatic carbocycles. The lowest BCUT2D eigenvalue weighted by molar-refractivity contribution is -0.114. The van der Waals surface area contributed by atoms with Gasteiger partial charge in [0.2, 0.25) is 0 Å². The van der Waals surface area contributed by atoms with E-state index in [0.29, 0.717) is 21.7 Å². The number of hydrogen-bond acceptors (Lipinski definition) is 4. The number of halogens is 3. The molecule has 0 radical (unpaired) electrons. The lowest BCUT2D eigenvalue weighted by atomic mass is 10.2. The number of rotatable bonds is 3. The van der Waals surface area contributed by atoms with Gasteiger partial charge in [-0.05, 0) is 49.2 Å². The second-order valence-electron chi connectivity index (χ2n) is 6.25. The van der Waals surface area contributed by atoms with Crippen LogP contribution in [-0.2, 0) is 4.79 Å². The minimum atomic E-state index is -0.0164. The Morgan fingerprint density at radius 1 is 1.28 bits per heavy atom. The molecule has 1 aromatic rings. The third kappa shape index (κ3) is 3.65. The van der Waals surface area contributed by atoms with E-state index < -0.39 is 0 Å². The summed E-state index contributed by atoms with van der Waals surface area (Å²) in [6.07, 6.45) is 3.35. The van der Waals surface area contributed by atoms with Crippen LogP contribution in [0.3, 0.4) is 0 Å². The number of aliphatic imine (C=N–C) groups is 1. The highest BCUT2D eigenvalue weighted by atomic mass is 35.5. The molecule has 0 N–H and O–H groups in total. The average Bonchev–Trinajstić information content (AvgIpc) is 3.32. The summed E-state index contributed by atoms with van der Waals surface area (Å²) in [5.41, 5.74) is 1.87. The van der Waals surface area contributed by atoms with Crippen LogP contribution in [0.4, 0.5) is 5.69 Å². The zero-order valence-electron chi connectivity index (χ0n) is 13.7. The Morgan fingerprint density at radius 2 is 1.96 bits per heavy atom. The van der Waals surface area contributed by atoms with Crippen LogP contribution in [0, 0.1) is 5.92 Å². The number of allylic oxidation sites excluding steroid dienone is 1. The number of thioether (sulfide) groups is 1. The predicted molar refractivity (Wildman–Crippen MR) is 108 cm³/mol. The normalized spacial score (nSPS) is 19.3. The zero-order chi connectivity index (χ0) is 16.8. The summed E-state index contributed by atoms with van der Waals surface area (Å²) in [6.45, 7) is 1.80. The minimum absolute atomic E-state index is 0. The van der Waals surface area contributed by atoms with Crippen LogP contribution in [0.15, 0.2) is 33.8 Å². The maximum absolute atomic E-state index is 13.1. The van der Waals surface area contributed by atoms with Crippen LogP contribution in [0.1, 0.15) is 19.3 Å². The summed E-state index contributed by atoms with van der Waals surface area (Å²) in [6, 6.07) is 5.18. The number of carbonyl (C=O) groups excluding carboxylic acids is 1. The van der Waals surface area contributed by atoms with Gasteiger partial charge in [-0.25, -0.2) is 0 Å². The minimum Gasteiger partial charge on any atom is -0.323 e. The van der Waals surface area contributed by atoms with E-state index in [2.05, 4.69) is 9.89 Å². The Balaban J connectivity index is 0.00000182. The van der Waals surface area contributed by atoms with Gasteiger partial charge in [-0.1, -0.05) is 23.2 Å². The van der Waals surface area contributed by atoms with Crippen LogP contribution in [-0.4, -0.2) is 36.1 Å². The van der Waals surface area contributed by atoms with E-state index in [1.807, 2.05) is 0 Å². The molecule has 1 aromatic carbocycles. The van der Waals surface area contributed by atoms with Gasteiger partial charge in [0, 0.05) is 47.5 Å². The molecule has 4 rings (SSSR count). The first kappa shape index (κ1) is 18.9. The van der Waals surface area contributed by atoms with Crippen LogP contribution >= 0.6 is 47.4 Å². The van der Waals surface area contributed by atoms with E-state index in [1.165, 1.54) is 17.5 Å². The molecule has 0 unspecified atom stereocenters. The molecule has 1 amide bonds. The van der Waals surface area contributed by atoms with Gasteiger partial charge in [-0.2, -0.15) is 0 Å². The van der Waals surface area contributed by atoms with Crippen molar-refractivity contribution in [2.75, 3.05) is 25.0 Å². The molecule has 134 valence electrons. The van der Waals surface area contributed by atoms with Gasteiger partial charge in [0.05, 0.1) is 0 Å². The number of carbonyl (C=O) groups is 1. The average molecular weight is 419 g/mol. The van der Waals surface area contributed by atoms with Crippen molar-refractivity contribution in [2.24, 2.45) is 10.9 Å². The molecule has 2 aliphatic heterocycles. The fraction of sp³-hybridized carbons (Fsp3) is 0.412. The molecule has 1 fully saturated rings. The van der Waals surface area contributed by atoms with E-state index in [9.17, 15) is 4.79 Å². The first-order chi connectivity index (χ1) is 11.5. The van der Waals surface area contributed by atoms with E-state index >= 15 is 0 Å². The quantitative estimate of drug-likeness (QED) is 0.707. The van der Waals surface area contributed by atoms with Gasteiger partial charge < -0.3 is 9.80 Å². The van der Waals surface area contributed by atoms with Gasteiger partial charge in [-0.3, -0.25) is 9.79 Å². The van der Waals surface area contributed by atoms with Gasteiger partial charge in [-0.15, -0.1) is 12.4 Å². The van der Waals surface area contributed by atoms with Gasteiger partial charge in [0.1, 0.15) is 4.91 Å². The third-order valence-corrected chi connectivity index (χ3v) is 5.99. The molecule has 0 bridgehead atoms. The van der Waals surface area contributed by atoms with Gasteiger partial charge in [0.15, 0.2) is 5.17 Å². The van der Waals surface area contributed by atoms with Crippen molar-refractivity contribution < 1.29 is 4.79 Å². The molecule has 0 saturated heterocycles. The van der Waals surface area contributed by atoms with E-state index in [4.69, 9.17) is 23.2 Å². The summed E-state index contributed by atoms with van der Waals surface area (Å²) in [7, 11) is 1.77. The molecule has 2 heterocycles. The van der Waals surface area contributed by atoms with Crippen LogP contribution < -0.4 is 4.90 Å². The molecule has 0 atom stereocenters. The fourth-order valence-electron chi connectivity index (χ4n) is 3.08. The maximum Gasteiger partial charge on any atom is 0.266 e. The van der Waals surface area contributed by atoms with E-state index in [1.54, 1.807) is 30.1 Å². The van der Waals surface area contributed by atoms with Crippen molar-refractivity contribution in [1.82, 2.24) is 4.90 Å². The molecule has 0 aromatic heterocycles. The summed E-state index contributed by atoms with van der Waals surface area (Å²) < 4.78 is 0. The number of amides is 1. The van der Waals surface area contributed by atoms with Crippen molar-refractivity contribution in [1.29, 1.82) is 0 Å². The second-order valence-corrected chi connectivity index (χ2v) is 8.10. The number of fused-ring (bicyclic) bond motifs is 1. The Kier molecular flexibility index (Phi) is 5.59. The number of amidine groups is 1. The standard InChI is InChI=1S/C17H17Cl2N3OS.ClH/c1-21(13-8-11(18)7-12(19)9-13)16(23)15-14(10-3-4-10)22-6-2-5-20-17(22)24-15;/h7-10H,2-6H2,1H3;1H. The fourth-order valence-corrected chi connectivity index (χ4v) is 4.84. The number of likely N-dealkylation sites (N-methyl/N-ethyl adjacent to an activating group) is 1. The highest BCUT2D eigenvalue weighted by Gasteiger charge is 2.42. The number of nitrogens with zero attached hydrogens (tertiary/aromatic N) is 3. The molecule has 8 heteroatoms. The SMILES string of the molecule is CN(C(=O)C1=C(C2CC2)N2CCCN=C2S1)c1cc(Cl)cc(Cl)c1.Cl. The summed E-state index contributed by atoms with van der Waals surface area (Å²) in [5.74, 6) is 0.482. The van der Waals surface area contributed by atoms with Crippen molar-refractivity contribution in [3.05, 3.63) is 38.8 Å². The molecule has 1 saturated carbocycles. The first-order valence-corrected chi connectivity index (χ1v) is 9.60. The highest BCUT2D eigenvalue weighted by molar-refractivity contribution is 8.18. The van der Waals surface area contributed by atoms with E-state index in [0.717, 1.165) is 42.4 Å². The Morgan fingerprint density at radius 3 is 2.60 bits per heavy atom. The molecule has 3 aliphatic rings. The highest BCUT2D eigenvalue weighted by Crippen LogP contribution is 2.48. The number of hydrogen-bond donors (Lipinski definition) is 0. The Labute approximate surface area is 167 Å². The Bertz CT molecular complexity index is 756. The van der Waals surface area contributed by atoms with Crippen molar-refractivity contribution in [2.45, 2.75) is 19.3 Å². The van der Waals surface area contributed by atoms with Crippen molar-refractivity contribution in [3.63, 3.8) is 0 Å². The predicted octanol–water partition coefficient (Wildman–Crippen LogP) is 4.81. The largest absolute Gasteiger partial charge is 0.323 e. The third-order valence-electron chi connectivity index (χ3n) is 4.43. The van der Waals surface area contributed by atoms with Crippen molar-refractivity contribution in [3.8, 4) is 0 Å². The topological polar surface area (TPSA) is 35.9 Å². The zero-order valence-corrected chi connectivity index (χ0v) is 16.8. The molecule has 4 nitrogen and oxygen atoms in total. The lowest BCUT2D eigenvalue weighted by Gasteiger charge is -2.25. The lowest BCUT2D eigenvalue weighted by Crippen LogP contribution is -2.31. The Hall–Kier alpha value is -0.880. The summed E-state index contributed by atoms with van der Waals surface area (Å²) >= 11 is 13.7. The van der Waals surface area contributed by atoms with Crippen LogP contribution in [0.25, 0.3) is 0 Å².